The number of piperidine rings is 1. The number of carbonyl (C=O) groups excluding carboxylic acids is 1. The largest absolute Gasteiger partial charge is 0.444 e. The molecule has 178 valence electrons. The second-order valence-electron chi connectivity index (χ2n) is 9.12. The monoisotopic (exact) mass is 454 g/mol. The van der Waals surface area contributed by atoms with Gasteiger partial charge in [-0.1, -0.05) is 12.7 Å². The van der Waals surface area contributed by atoms with Crippen molar-refractivity contribution in [2.45, 2.75) is 52.2 Å². The minimum Gasteiger partial charge on any atom is -0.444 e. The number of aryl methyl sites for hydroxylation is 1. The molecule has 2 aromatic rings. The summed E-state index contributed by atoms with van der Waals surface area (Å²) in [5, 5.41) is 12.9. The molecule has 10 nitrogen and oxygen atoms in total. The van der Waals surface area contributed by atoms with Crippen LogP contribution in [0.25, 0.3) is 11.6 Å². The van der Waals surface area contributed by atoms with Crippen molar-refractivity contribution in [3.05, 3.63) is 35.7 Å². The predicted octanol–water partition coefficient (Wildman–Crippen LogP) is 3.35. The molecule has 1 atom stereocenters. The number of nitrogens with zero attached hydrogens (tertiary/aromatic N) is 4. The maximum atomic E-state index is 12.2. The van der Waals surface area contributed by atoms with Gasteiger partial charge in [-0.3, -0.25) is 5.10 Å². The maximum Gasteiger partial charge on any atom is 0.407 e. The first-order valence-electron chi connectivity index (χ1n) is 11.0. The van der Waals surface area contributed by atoms with Gasteiger partial charge in [0.05, 0.1) is 5.69 Å². The number of carbonyl (C=O) groups is 1. The van der Waals surface area contributed by atoms with E-state index in [1.165, 1.54) is 0 Å². The SMILES string of the molecule is C=C(/C=C\c1c(N)n[nH]c1C)c1cc(N2CCC[C@@H](NC(=O)OC(C)(C)C)C2)nc(NC)n1. The van der Waals surface area contributed by atoms with Crippen LogP contribution in [0.2, 0.25) is 0 Å². The number of rotatable bonds is 6. The highest BCUT2D eigenvalue weighted by Gasteiger charge is 2.25. The molecule has 33 heavy (non-hydrogen) atoms. The van der Waals surface area contributed by atoms with Crippen molar-refractivity contribution >= 4 is 35.3 Å². The Hall–Kier alpha value is -3.56. The van der Waals surface area contributed by atoms with Crippen molar-refractivity contribution in [2.24, 2.45) is 0 Å². The molecular weight excluding hydrogens is 420 g/mol. The van der Waals surface area contributed by atoms with Crippen LogP contribution in [0.4, 0.5) is 22.4 Å². The second kappa shape index (κ2) is 9.93. The van der Waals surface area contributed by atoms with Crippen LogP contribution in [0, 0.1) is 6.92 Å². The van der Waals surface area contributed by atoms with Crippen LogP contribution in [-0.4, -0.2) is 58.0 Å². The summed E-state index contributed by atoms with van der Waals surface area (Å²) >= 11 is 0. The van der Waals surface area contributed by atoms with Gasteiger partial charge in [0.15, 0.2) is 5.82 Å². The number of alkyl carbamates (subject to hydrolysis) is 1. The summed E-state index contributed by atoms with van der Waals surface area (Å²) < 4.78 is 5.40. The van der Waals surface area contributed by atoms with Crippen LogP contribution in [0.5, 0.6) is 0 Å². The quantitative estimate of drug-likeness (QED) is 0.488. The highest BCUT2D eigenvalue weighted by Crippen LogP contribution is 2.25. The van der Waals surface area contributed by atoms with Gasteiger partial charge in [-0.2, -0.15) is 10.1 Å². The number of nitrogens with one attached hydrogen (secondary N) is 3. The van der Waals surface area contributed by atoms with Gasteiger partial charge in [-0.15, -0.1) is 0 Å². The fourth-order valence-electron chi connectivity index (χ4n) is 3.59. The van der Waals surface area contributed by atoms with E-state index in [0.717, 1.165) is 42.0 Å². The van der Waals surface area contributed by atoms with Crippen LogP contribution in [0.1, 0.15) is 50.6 Å². The fraction of sp³-hybridized carbons (Fsp3) is 0.478. The smallest absolute Gasteiger partial charge is 0.407 e. The van der Waals surface area contributed by atoms with E-state index in [4.69, 9.17) is 10.5 Å². The van der Waals surface area contributed by atoms with Gasteiger partial charge >= 0.3 is 6.09 Å². The second-order valence-corrected chi connectivity index (χ2v) is 9.12. The average Bonchev–Trinajstić information content (AvgIpc) is 3.07. The molecular formula is C23H34N8O2. The molecule has 1 amide bonds. The number of aromatic amines is 1. The standard InChI is InChI=1S/C23H34N8O2/c1-14(9-10-17-15(2)29-30-20(17)24)18-12-19(28-21(25-6)27-18)31-11-7-8-16(13-31)26-22(32)33-23(3,4)5/h9-10,12,16H,1,7-8,11,13H2,2-6H3,(H,26,32)(H3,24,29,30)(H,25,27,28)/b10-9-/t16-/m1/s1. The minimum absolute atomic E-state index is 0.0276. The molecule has 3 rings (SSSR count). The normalized spacial score (nSPS) is 16.6. The summed E-state index contributed by atoms with van der Waals surface area (Å²) in [7, 11) is 1.78. The Labute approximate surface area is 194 Å². The Bertz CT molecular complexity index is 1020. The van der Waals surface area contributed by atoms with E-state index in [9.17, 15) is 4.79 Å². The minimum atomic E-state index is -0.533. The predicted molar refractivity (Wildman–Crippen MR) is 132 cm³/mol. The number of amides is 1. The summed E-state index contributed by atoms with van der Waals surface area (Å²) in [6.07, 6.45) is 5.14. The van der Waals surface area contributed by atoms with Gasteiger partial charge in [0.25, 0.3) is 0 Å². The molecule has 0 saturated carbocycles. The van der Waals surface area contributed by atoms with Crippen LogP contribution in [0.3, 0.4) is 0 Å². The zero-order valence-electron chi connectivity index (χ0n) is 20.0. The number of allylic oxidation sites excluding steroid dienone is 2. The molecule has 5 N–H and O–H groups in total. The molecule has 10 heteroatoms. The van der Waals surface area contributed by atoms with Gasteiger partial charge in [0, 0.05) is 43.5 Å². The van der Waals surface area contributed by atoms with Crippen molar-refractivity contribution in [1.82, 2.24) is 25.5 Å². The van der Waals surface area contributed by atoms with E-state index in [-0.39, 0.29) is 6.04 Å². The number of anilines is 3. The van der Waals surface area contributed by atoms with Crippen molar-refractivity contribution < 1.29 is 9.53 Å². The van der Waals surface area contributed by atoms with E-state index in [2.05, 4.69) is 42.3 Å². The lowest BCUT2D eigenvalue weighted by Crippen LogP contribution is -2.49. The lowest BCUT2D eigenvalue weighted by Gasteiger charge is -2.34. The number of ether oxygens (including phenoxy) is 1. The first kappa shape index (κ1) is 24.1. The molecule has 1 aliphatic rings. The number of aromatic nitrogens is 4. The third-order valence-electron chi connectivity index (χ3n) is 5.21. The van der Waals surface area contributed by atoms with Crippen molar-refractivity contribution in [1.29, 1.82) is 0 Å². The summed E-state index contributed by atoms with van der Waals surface area (Å²) in [6.45, 7) is 13.1. The Morgan fingerprint density at radius 3 is 2.79 bits per heavy atom. The van der Waals surface area contributed by atoms with E-state index < -0.39 is 11.7 Å². The molecule has 0 unspecified atom stereocenters. The topological polar surface area (TPSA) is 134 Å². The zero-order valence-corrected chi connectivity index (χ0v) is 20.0. The first-order valence-corrected chi connectivity index (χ1v) is 11.0. The Balaban J connectivity index is 1.76. The fourth-order valence-corrected chi connectivity index (χ4v) is 3.59. The van der Waals surface area contributed by atoms with E-state index in [1.54, 1.807) is 7.05 Å². The van der Waals surface area contributed by atoms with Gasteiger partial charge < -0.3 is 26.0 Å². The molecule has 3 heterocycles. The van der Waals surface area contributed by atoms with Gasteiger partial charge in [0.2, 0.25) is 5.95 Å². The van der Waals surface area contributed by atoms with E-state index in [1.807, 2.05) is 45.9 Å². The summed E-state index contributed by atoms with van der Waals surface area (Å²) in [4.78, 5) is 23.5. The first-order chi connectivity index (χ1) is 15.6. The molecule has 0 aromatic carbocycles. The van der Waals surface area contributed by atoms with E-state index in [0.29, 0.717) is 24.0 Å². The summed E-state index contributed by atoms with van der Waals surface area (Å²) in [6, 6.07) is 1.88. The van der Waals surface area contributed by atoms with E-state index >= 15 is 0 Å². The number of nitrogen functional groups attached to an aromatic ring is 1. The van der Waals surface area contributed by atoms with Gasteiger partial charge in [0.1, 0.15) is 11.4 Å². The van der Waals surface area contributed by atoms with Crippen molar-refractivity contribution in [3.63, 3.8) is 0 Å². The average molecular weight is 455 g/mol. The number of H-pyrrole nitrogens is 1. The van der Waals surface area contributed by atoms with Gasteiger partial charge in [-0.25, -0.2) is 9.78 Å². The molecule has 0 radical (unpaired) electrons. The summed E-state index contributed by atoms with van der Waals surface area (Å²) in [5.41, 5.74) is 8.50. The maximum absolute atomic E-state index is 12.2. The number of hydrogen-bond acceptors (Lipinski definition) is 8. The Kier molecular flexibility index (Phi) is 7.25. The molecule has 1 aliphatic heterocycles. The lowest BCUT2D eigenvalue weighted by molar-refractivity contribution is 0.0500. The zero-order chi connectivity index (χ0) is 24.2. The highest BCUT2D eigenvalue weighted by molar-refractivity contribution is 5.79. The third kappa shape index (κ3) is 6.47. The molecule has 1 fully saturated rings. The van der Waals surface area contributed by atoms with Crippen LogP contribution in [-0.2, 0) is 4.74 Å². The van der Waals surface area contributed by atoms with Crippen LogP contribution < -0.4 is 21.3 Å². The molecule has 0 aliphatic carbocycles. The van der Waals surface area contributed by atoms with Crippen LogP contribution in [0.15, 0.2) is 18.7 Å². The third-order valence-corrected chi connectivity index (χ3v) is 5.21. The lowest BCUT2D eigenvalue weighted by atomic mass is 10.1. The molecule has 1 saturated heterocycles. The number of nitrogens with two attached hydrogens (primary N) is 1. The molecule has 2 aromatic heterocycles. The number of hydrogen-bond donors (Lipinski definition) is 4. The highest BCUT2D eigenvalue weighted by atomic mass is 16.6. The van der Waals surface area contributed by atoms with Crippen molar-refractivity contribution in [2.75, 3.05) is 36.1 Å². The van der Waals surface area contributed by atoms with Crippen LogP contribution >= 0.6 is 0 Å². The Morgan fingerprint density at radius 1 is 1.39 bits per heavy atom. The molecule has 0 bridgehead atoms. The summed E-state index contributed by atoms with van der Waals surface area (Å²) in [5.74, 6) is 1.71. The van der Waals surface area contributed by atoms with Gasteiger partial charge in [-0.05, 0) is 52.2 Å². The van der Waals surface area contributed by atoms with Crippen molar-refractivity contribution in [3.8, 4) is 0 Å². The Morgan fingerprint density at radius 2 is 2.15 bits per heavy atom. The molecule has 0 spiro atoms.